The summed E-state index contributed by atoms with van der Waals surface area (Å²) in [6.07, 6.45) is 0.719. The summed E-state index contributed by atoms with van der Waals surface area (Å²) in [7, 11) is -1.55. The fourth-order valence-electron chi connectivity index (χ4n) is 1.99. The molecule has 130 valence electrons. The minimum atomic E-state index is -4.69. The Balaban J connectivity index is 2.58. The minimum absolute atomic E-state index is 0.0405. The molecule has 0 aliphatic heterocycles. The Bertz CT molecular complexity index is 580. The number of aryl methyl sites for hydroxylation is 1. The van der Waals surface area contributed by atoms with Gasteiger partial charge in [0.25, 0.3) is 0 Å². The summed E-state index contributed by atoms with van der Waals surface area (Å²) < 4.78 is 44.3. The molecule has 0 N–H and O–H groups in total. The normalized spacial score (nSPS) is 11.4. The van der Waals surface area contributed by atoms with E-state index in [4.69, 9.17) is 9.47 Å². The molecular weight excluding hydrogens is 325 g/mol. The SMILES string of the molecule is COCCN(CCOC)C(=O)CCc1ccc(S(=O)(=O)F)cc1. The highest BCUT2D eigenvalue weighted by Crippen LogP contribution is 2.14. The van der Waals surface area contributed by atoms with E-state index in [0.29, 0.717) is 32.7 Å². The van der Waals surface area contributed by atoms with Gasteiger partial charge in [0.05, 0.1) is 18.1 Å². The molecular formula is C15H22FNO5S. The van der Waals surface area contributed by atoms with Crippen LogP contribution in [0.1, 0.15) is 12.0 Å². The van der Waals surface area contributed by atoms with Gasteiger partial charge in [0.2, 0.25) is 5.91 Å². The van der Waals surface area contributed by atoms with Crippen molar-refractivity contribution < 1.29 is 26.6 Å². The first-order valence-electron chi connectivity index (χ1n) is 7.17. The van der Waals surface area contributed by atoms with Gasteiger partial charge in [0.1, 0.15) is 0 Å². The fraction of sp³-hybridized carbons (Fsp3) is 0.533. The summed E-state index contributed by atoms with van der Waals surface area (Å²) in [5.74, 6) is -0.0405. The molecule has 1 rings (SSSR count). The van der Waals surface area contributed by atoms with Gasteiger partial charge in [-0.15, -0.1) is 3.89 Å². The number of hydrogen-bond acceptors (Lipinski definition) is 5. The number of rotatable bonds is 10. The predicted molar refractivity (Wildman–Crippen MR) is 83.4 cm³/mol. The number of ether oxygens (including phenoxy) is 2. The summed E-state index contributed by atoms with van der Waals surface area (Å²) in [4.78, 5) is 13.5. The van der Waals surface area contributed by atoms with E-state index in [1.165, 1.54) is 24.3 Å². The van der Waals surface area contributed by atoms with Crippen LogP contribution in [0.15, 0.2) is 29.2 Å². The Hall–Kier alpha value is -1.51. The van der Waals surface area contributed by atoms with E-state index in [9.17, 15) is 17.1 Å². The van der Waals surface area contributed by atoms with Crippen LogP contribution in [0, 0.1) is 0 Å². The van der Waals surface area contributed by atoms with Crippen molar-refractivity contribution in [1.82, 2.24) is 4.90 Å². The second kappa shape index (κ2) is 9.59. The van der Waals surface area contributed by atoms with E-state index in [0.717, 1.165) is 5.56 Å². The molecule has 0 aromatic heterocycles. The highest BCUT2D eigenvalue weighted by atomic mass is 32.3. The molecule has 0 spiro atoms. The minimum Gasteiger partial charge on any atom is -0.383 e. The topological polar surface area (TPSA) is 72.9 Å². The molecule has 23 heavy (non-hydrogen) atoms. The molecule has 6 nitrogen and oxygen atoms in total. The zero-order chi connectivity index (χ0) is 17.3. The summed E-state index contributed by atoms with van der Waals surface area (Å²) in [5.41, 5.74) is 0.768. The molecule has 0 saturated carbocycles. The van der Waals surface area contributed by atoms with E-state index in [-0.39, 0.29) is 17.2 Å². The molecule has 0 saturated heterocycles. The van der Waals surface area contributed by atoms with Gasteiger partial charge in [-0.1, -0.05) is 12.1 Å². The van der Waals surface area contributed by atoms with Crippen molar-refractivity contribution in [1.29, 1.82) is 0 Å². The van der Waals surface area contributed by atoms with Crippen LogP contribution in [0.3, 0.4) is 0 Å². The van der Waals surface area contributed by atoms with Gasteiger partial charge in [-0.25, -0.2) is 0 Å². The molecule has 0 unspecified atom stereocenters. The van der Waals surface area contributed by atoms with Crippen molar-refractivity contribution in [2.24, 2.45) is 0 Å². The third kappa shape index (κ3) is 7.06. The molecule has 0 atom stereocenters. The quantitative estimate of drug-likeness (QED) is 0.598. The van der Waals surface area contributed by atoms with Crippen LogP contribution in [0.5, 0.6) is 0 Å². The molecule has 1 aromatic rings. The first kappa shape index (κ1) is 19.5. The maximum Gasteiger partial charge on any atom is 0.332 e. The lowest BCUT2D eigenvalue weighted by Crippen LogP contribution is -2.36. The second-order valence-electron chi connectivity index (χ2n) is 4.95. The number of halogens is 1. The molecule has 0 aliphatic carbocycles. The fourth-order valence-corrected chi connectivity index (χ4v) is 2.45. The number of methoxy groups -OCH3 is 2. The smallest absolute Gasteiger partial charge is 0.332 e. The molecule has 0 heterocycles. The zero-order valence-electron chi connectivity index (χ0n) is 13.3. The third-order valence-electron chi connectivity index (χ3n) is 3.32. The average Bonchev–Trinajstić information content (AvgIpc) is 2.52. The molecule has 0 bridgehead atoms. The number of nitrogens with zero attached hydrogens (tertiary/aromatic N) is 1. The molecule has 0 fully saturated rings. The van der Waals surface area contributed by atoms with Crippen LogP contribution in [0.4, 0.5) is 3.89 Å². The Labute approximate surface area is 136 Å². The van der Waals surface area contributed by atoms with Crippen molar-refractivity contribution >= 4 is 16.1 Å². The van der Waals surface area contributed by atoms with Gasteiger partial charge < -0.3 is 14.4 Å². The molecule has 1 amide bonds. The van der Waals surface area contributed by atoms with Crippen LogP contribution in [-0.4, -0.2) is 59.7 Å². The lowest BCUT2D eigenvalue weighted by molar-refractivity contribution is -0.132. The largest absolute Gasteiger partial charge is 0.383 e. The summed E-state index contributed by atoms with van der Waals surface area (Å²) in [5, 5.41) is 0. The molecule has 8 heteroatoms. The predicted octanol–water partition coefficient (Wildman–Crippen LogP) is 1.40. The van der Waals surface area contributed by atoms with Crippen LogP contribution in [-0.2, 0) is 30.9 Å². The number of carbonyl (C=O) groups is 1. The maximum absolute atomic E-state index is 12.8. The lowest BCUT2D eigenvalue weighted by atomic mass is 10.1. The Morgan fingerprint density at radius 1 is 1.09 bits per heavy atom. The van der Waals surface area contributed by atoms with Crippen molar-refractivity contribution in [3.63, 3.8) is 0 Å². The van der Waals surface area contributed by atoms with E-state index in [1.54, 1.807) is 19.1 Å². The number of carbonyl (C=O) groups excluding carboxylic acids is 1. The van der Waals surface area contributed by atoms with E-state index < -0.39 is 10.2 Å². The van der Waals surface area contributed by atoms with Gasteiger partial charge in [0.15, 0.2) is 0 Å². The third-order valence-corrected chi connectivity index (χ3v) is 4.15. The maximum atomic E-state index is 12.8. The monoisotopic (exact) mass is 347 g/mol. The highest BCUT2D eigenvalue weighted by molar-refractivity contribution is 7.86. The Morgan fingerprint density at radius 3 is 2.04 bits per heavy atom. The van der Waals surface area contributed by atoms with Gasteiger partial charge in [0, 0.05) is 33.7 Å². The van der Waals surface area contributed by atoms with Crippen LogP contribution in [0.25, 0.3) is 0 Å². The average molecular weight is 347 g/mol. The second-order valence-corrected chi connectivity index (χ2v) is 6.30. The first-order chi connectivity index (χ1) is 10.9. The van der Waals surface area contributed by atoms with E-state index >= 15 is 0 Å². The summed E-state index contributed by atoms with van der Waals surface area (Å²) in [6, 6.07) is 5.41. The molecule has 0 radical (unpaired) electrons. The van der Waals surface area contributed by atoms with Crippen LogP contribution in [0.2, 0.25) is 0 Å². The van der Waals surface area contributed by atoms with E-state index in [2.05, 4.69) is 0 Å². The number of amides is 1. The molecule has 1 aromatic carbocycles. The standard InChI is InChI=1S/C15H22FNO5S/c1-21-11-9-17(10-12-22-2)15(18)8-5-13-3-6-14(7-4-13)23(16,19)20/h3-4,6-7H,5,8-12H2,1-2H3. The van der Waals surface area contributed by atoms with Gasteiger partial charge in [-0.2, -0.15) is 8.42 Å². The highest BCUT2D eigenvalue weighted by Gasteiger charge is 2.14. The van der Waals surface area contributed by atoms with Crippen LogP contribution < -0.4 is 0 Å². The van der Waals surface area contributed by atoms with Crippen LogP contribution >= 0.6 is 0 Å². The van der Waals surface area contributed by atoms with Crippen molar-refractivity contribution in [2.45, 2.75) is 17.7 Å². The molecule has 0 aliphatic rings. The van der Waals surface area contributed by atoms with Crippen molar-refractivity contribution in [3.8, 4) is 0 Å². The summed E-state index contributed by atoms with van der Waals surface area (Å²) >= 11 is 0. The van der Waals surface area contributed by atoms with Gasteiger partial charge in [-0.3, -0.25) is 4.79 Å². The lowest BCUT2D eigenvalue weighted by Gasteiger charge is -2.22. The number of hydrogen-bond donors (Lipinski definition) is 0. The van der Waals surface area contributed by atoms with Gasteiger partial charge in [-0.05, 0) is 24.1 Å². The van der Waals surface area contributed by atoms with Gasteiger partial charge >= 0.3 is 10.2 Å². The number of benzene rings is 1. The Morgan fingerprint density at radius 2 is 1.61 bits per heavy atom. The van der Waals surface area contributed by atoms with Crippen molar-refractivity contribution in [3.05, 3.63) is 29.8 Å². The summed E-state index contributed by atoms with van der Waals surface area (Å²) in [6.45, 7) is 1.85. The van der Waals surface area contributed by atoms with Crippen molar-refractivity contribution in [2.75, 3.05) is 40.5 Å². The Kier molecular flexibility index (Phi) is 8.15. The zero-order valence-corrected chi connectivity index (χ0v) is 14.1. The first-order valence-corrected chi connectivity index (χ1v) is 8.56. The van der Waals surface area contributed by atoms with E-state index in [1.807, 2.05) is 0 Å².